The highest BCUT2D eigenvalue weighted by Gasteiger charge is 2.20. The maximum absolute atomic E-state index is 14.0. The van der Waals surface area contributed by atoms with Crippen LogP contribution in [-0.2, 0) is 0 Å². The van der Waals surface area contributed by atoms with E-state index < -0.39 is 0 Å². The van der Waals surface area contributed by atoms with E-state index in [1.54, 1.807) is 13.0 Å². The molecule has 2 heteroatoms. The van der Waals surface area contributed by atoms with Crippen LogP contribution in [0.25, 0.3) is 0 Å². The van der Waals surface area contributed by atoms with Crippen LogP contribution in [-0.4, -0.2) is 0 Å². The molecule has 152 valence electrons. The molecule has 0 radical (unpaired) electrons. The first kappa shape index (κ1) is 21.1. The summed E-state index contributed by atoms with van der Waals surface area (Å²) in [5, 5.41) is 3.31. The third-order valence-electron chi connectivity index (χ3n) is 5.93. The number of nitrogens with one attached hydrogen (secondary N) is 1. The van der Waals surface area contributed by atoms with Gasteiger partial charge in [-0.3, -0.25) is 0 Å². The van der Waals surface area contributed by atoms with Crippen molar-refractivity contribution in [2.24, 2.45) is 5.92 Å². The predicted octanol–water partition coefficient (Wildman–Crippen LogP) is 7.96. The summed E-state index contributed by atoms with van der Waals surface area (Å²) in [4.78, 5) is 0. The normalized spacial score (nSPS) is 25.1. The molecule has 3 rings (SSSR count). The van der Waals surface area contributed by atoms with Gasteiger partial charge in [-0.1, -0.05) is 55.5 Å². The summed E-state index contributed by atoms with van der Waals surface area (Å²) in [5.41, 5.74) is 8.57. The molecular weight excluding hydrogens is 357 g/mol. The van der Waals surface area contributed by atoms with Crippen molar-refractivity contribution in [2.75, 3.05) is 5.32 Å². The van der Waals surface area contributed by atoms with E-state index in [-0.39, 0.29) is 5.82 Å². The van der Waals surface area contributed by atoms with Gasteiger partial charge in [-0.15, -0.1) is 0 Å². The second-order valence-corrected chi connectivity index (χ2v) is 8.32. The van der Waals surface area contributed by atoms with Crippen molar-refractivity contribution in [3.63, 3.8) is 0 Å². The van der Waals surface area contributed by atoms with Crippen molar-refractivity contribution in [3.05, 3.63) is 101 Å². The van der Waals surface area contributed by atoms with Crippen LogP contribution in [0, 0.1) is 18.7 Å². The van der Waals surface area contributed by atoms with E-state index in [1.165, 1.54) is 34.8 Å². The zero-order valence-corrected chi connectivity index (χ0v) is 17.9. The summed E-state index contributed by atoms with van der Waals surface area (Å²) >= 11 is 0. The quantitative estimate of drug-likeness (QED) is 0.553. The third kappa shape index (κ3) is 5.26. The Balaban J connectivity index is 1.99. The molecule has 0 amide bonds. The van der Waals surface area contributed by atoms with E-state index in [0.717, 1.165) is 42.6 Å². The lowest BCUT2D eigenvalue weighted by Crippen LogP contribution is -2.10. The molecule has 2 aliphatic carbocycles. The second kappa shape index (κ2) is 9.26. The molecule has 1 atom stereocenters. The lowest BCUT2D eigenvalue weighted by atomic mass is 9.80. The average molecular weight is 390 g/mol. The van der Waals surface area contributed by atoms with Gasteiger partial charge < -0.3 is 5.32 Å². The van der Waals surface area contributed by atoms with Gasteiger partial charge in [-0.25, -0.2) is 4.39 Å². The lowest BCUT2D eigenvalue weighted by Gasteiger charge is -2.26. The first-order valence-electron chi connectivity index (χ1n) is 10.5. The zero-order chi connectivity index (χ0) is 21.0. The largest absolute Gasteiger partial charge is 0.356 e. The first-order valence-corrected chi connectivity index (χ1v) is 10.5. The van der Waals surface area contributed by atoms with Gasteiger partial charge in [-0.2, -0.15) is 0 Å². The fourth-order valence-electron chi connectivity index (χ4n) is 4.01. The second-order valence-electron chi connectivity index (χ2n) is 8.32. The number of rotatable bonds is 3. The van der Waals surface area contributed by atoms with Crippen molar-refractivity contribution in [1.29, 1.82) is 0 Å². The van der Waals surface area contributed by atoms with Crippen LogP contribution in [0.5, 0.6) is 0 Å². The van der Waals surface area contributed by atoms with E-state index in [4.69, 9.17) is 0 Å². The monoisotopic (exact) mass is 389 g/mol. The van der Waals surface area contributed by atoms with Gasteiger partial charge >= 0.3 is 0 Å². The van der Waals surface area contributed by atoms with Crippen molar-refractivity contribution >= 4 is 5.69 Å². The fraction of sp³-hybridized carbons (Fsp3) is 0.333. The Kier molecular flexibility index (Phi) is 6.74. The standard InChI is InChI=1S/C27H32FN/c1-18-8-6-10-23(22(5)29-24-15-14-21(4)27(28)17-24)16-26-19(2)9-7-11-25(26)20(3)13-12-18/h6,8,12,14-17,20,29H,2,5,7,9-11,13H2,1,3-4H3/b8-6-,18-12-,23-16+. The number of allylic oxidation sites excluding steroid dienone is 9. The van der Waals surface area contributed by atoms with Crippen LogP contribution >= 0.6 is 0 Å². The van der Waals surface area contributed by atoms with E-state index in [2.05, 4.69) is 56.6 Å². The van der Waals surface area contributed by atoms with Crippen molar-refractivity contribution in [3.8, 4) is 0 Å². The number of hydrogen-bond acceptors (Lipinski definition) is 1. The van der Waals surface area contributed by atoms with E-state index in [9.17, 15) is 4.39 Å². The predicted molar refractivity (Wildman–Crippen MR) is 123 cm³/mol. The van der Waals surface area contributed by atoms with Gasteiger partial charge in [0, 0.05) is 11.4 Å². The fourth-order valence-corrected chi connectivity index (χ4v) is 4.01. The molecule has 2 aliphatic rings. The molecule has 0 bridgehead atoms. The molecule has 29 heavy (non-hydrogen) atoms. The maximum Gasteiger partial charge on any atom is 0.128 e. The molecule has 0 aromatic heterocycles. The van der Waals surface area contributed by atoms with Crippen molar-refractivity contribution in [1.82, 2.24) is 0 Å². The summed E-state index contributed by atoms with van der Waals surface area (Å²) in [6, 6.07) is 5.21. The molecule has 0 spiro atoms. The minimum atomic E-state index is -0.209. The molecule has 1 aromatic carbocycles. The molecule has 1 unspecified atom stereocenters. The summed E-state index contributed by atoms with van der Waals surface area (Å²) in [5.74, 6) is 0.285. The Labute approximate surface area is 175 Å². The molecule has 0 heterocycles. The van der Waals surface area contributed by atoms with Gasteiger partial charge in [0.1, 0.15) is 5.82 Å². The minimum Gasteiger partial charge on any atom is -0.356 e. The molecule has 0 saturated heterocycles. The van der Waals surface area contributed by atoms with Gasteiger partial charge in [-0.05, 0) is 92.4 Å². The zero-order valence-electron chi connectivity index (χ0n) is 17.9. The minimum absolute atomic E-state index is 0.209. The van der Waals surface area contributed by atoms with Crippen LogP contribution in [0.1, 0.15) is 51.5 Å². The Hall–Kier alpha value is -2.61. The molecule has 1 nitrogen and oxygen atoms in total. The molecule has 1 N–H and O–H groups in total. The smallest absolute Gasteiger partial charge is 0.128 e. The number of hydrogen-bond donors (Lipinski definition) is 1. The summed E-state index contributed by atoms with van der Waals surface area (Å²) in [6.45, 7) is 14.9. The van der Waals surface area contributed by atoms with E-state index in [0.29, 0.717) is 11.5 Å². The first-order chi connectivity index (χ1) is 13.8. The van der Waals surface area contributed by atoms with Gasteiger partial charge in [0.05, 0.1) is 0 Å². The number of anilines is 1. The third-order valence-corrected chi connectivity index (χ3v) is 5.93. The molecule has 1 aromatic rings. The molecule has 0 fully saturated rings. The summed E-state index contributed by atoms with van der Waals surface area (Å²) in [7, 11) is 0. The van der Waals surface area contributed by atoms with Crippen LogP contribution < -0.4 is 5.32 Å². The topological polar surface area (TPSA) is 12.0 Å². The maximum atomic E-state index is 14.0. The Morgan fingerprint density at radius 3 is 2.76 bits per heavy atom. The summed E-state index contributed by atoms with van der Waals surface area (Å²) in [6.07, 6.45) is 14.1. The Morgan fingerprint density at radius 2 is 2.00 bits per heavy atom. The highest BCUT2D eigenvalue weighted by atomic mass is 19.1. The van der Waals surface area contributed by atoms with Gasteiger partial charge in [0.2, 0.25) is 0 Å². The van der Waals surface area contributed by atoms with Crippen LogP contribution in [0.4, 0.5) is 10.1 Å². The number of aryl methyl sites for hydroxylation is 1. The van der Waals surface area contributed by atoms with Crippen molar-refractivity contribution in [2.45, 2.75) is 52.9 Å². The molecule has 0 aliphatic heterocycles. The van der Waals surface area contributed by atoms with Gasteiger partial charge in [0.25, 0.3) is 0 Å². The van der Waals surface area contributed by atoms with E-state index in [1.807, 2.05) is 6.07 Å². The molecular formula is C27H32FN. The average Bonchev–Trinajstić information content (AvgIpc) is 2.71. The Morgan fingerprint density at radius 1 is 1.21 bits per heavy atom. The van der Waals surface area contributed by atoms with Crippen LogP contribution in [0.3, 0.4) is 0 Å². The SMILES string of the molecule is C=C1CCCC2=C1/C=C(/C(=C)Nc1ccc(C)c(F)c1)C/C=C\C(C)=C/CC2C. The number of halogens is 1. The van der Waals surface area contributed by atoms with Crippen molar-refractivity contribution < 1.29 is 4.39 Å². The van der Waals surface area contributed by atoms with E-state index >= 15 is 0 Å². The highest BCUT2D eigenvalue weighted by Crippen LogP contribution is 2.37. The van der Waals surface area contributed by atoms with Crippen LogP contribution in [0.2, 0.25) is 0 Å². The van der Waals surface area contributed by atoms with Crippen LogP contribution in [0.15, 0.2) is 89.2 Å². The molecule has 0 saturated carbocycles. The van der Waals surface area contributed by atoms with Gasteiger partial charge in [0.15, 0.2) is 0 Å². The summed E-state index contributed by atoms with van der Waals surface area (Å²) < 4.78 is 14.0. The Bertz CT molecular complexity index is 939. The lowest BCUT2D eigenvalue weighted by molar-refractivity contribution is 0.613. The highest BCUT2D eigenvalue weighted by molar-refractivity contribution is 5.57. The number of benzene rings is 1.